The van der Waals surface area contributed by atoms with Crippen molar-refractivity contribution in [2.24, 2.45) is 0 Å². The number of hydrogen-bond donors (Lipinski definition) is 0. The van der Waals surface area contributed by atoms with Crippen molar-refractivity contribution in [3.63, 3.8) is 0 Å². The fraction of sp³-hybridized carbons (Fsp3) is 0.0337. The molecular formula is C89H56N6O3. The molecule has 1 aliphatic rings. The van der Waals surface area contributed by atoms with Crippen molar-refractivity contribution < 1.29 is 13.3 Å². The van der Waals surface area contributed by atoms with E-state index in [2.05, 4.69) is 226 Å². The van der Waals surface area contributed by atoms with E-state index in [4.69, 9.17) is 43.2 Å². The van der Waals surface area contributed by atoms with Crippen molar-refractivity contribution in [2.45, 2.75) is 19.3 Å². The molecule has 5 aromatic heterocycles. The van der Waals surface area contributed by atoms with Gasteiger partial charge in [0.2, 0.25) is 0 Å². The number of benzene rings is 14. The zero-order valence-corrected chi connectivity index (χ0v) is 53.3. The molecule has 0 atom stereocenters. The van der Waals surface area contributed by atoms with Gasteiger partial charge in [0.1, 0.15) is 33.5 Å². The molecule has 0 fully saturated rings. The normalized spacial score (nSPS) is 12.5. The van der Waals surface area contributed by atoms with Crippen LogP contribution in [0.15, 0.2) is 317 Å². The van der Waals surface area contributed by atoms with Crippen LogP contribution in [0.3, 0.4) is 0 Å². The van der Waals surface area contributed by atoms with Crippen molar-refractivity contribution in [3.8, 4) is 102 Å². The van der Waals surface area contributed by atoms with Crippen LogP contribution in [-0.4, -0.2) is 29.9 Å². The van der Waals surface area contributed by atoms with E-state index in [0.717, 1.165) is 127 Å². The molecule has 14 aromatic carbocycles. The minimum atomic E-state index is -0.130. The number of furan rings is 3. The molecule has 0 N–H and O–H groups in total. The minimum Gasteiger partial charge on any atom is -0.456 e. The molecule has 0 bridgehead atoms. The zero-order valence-electron chi connectivity index (χ0n) is 53.3. The SMILES string of the molecule is CC1(C)c2ccccc2-c2ccc(-c3nc(-c4ccccc4)nc(-c4cc(-c5ccc6oc7ccccc7c6c5)c5ccccc5c4)n3)cc21.c1ccc(-c2nc(-c3ccc(-c4ccc5oc6ccc7ccccc7c6c5c4)cc3)nc(-c3cccc4c3oc3ccccc34)n2)cc1. The quantitative estimate of drug-likeness (QED) is 0.147. The minimum absolute atomic E-state index is 0.130. The van der Waals surface area contributed by atoms with Crippen LogP contribution in [0.25, 0.3) is 189 Å². The number of rotatable bonds is 8. The van der Waals surface area contributed by atoms with Gasteiger partial charge in [0, 0.05) is 65.5 Å². The average Bonchev–Trinajstić information content (AvgIpc) is 1.55. The van der Waals surface area contributed by atoms with Crippen LogP contribution in [0.5, 0.6) is 0 Å². The molecule has 98 heavy (non-hydrogen) atoms. The third-order valence-electron chi connectivity index (χ3n) is 19.5. The predicted molar refractivity (Wildman–Crippen MR) is 398 cm³/mol. The first-order valence-corrected chi connectivity index (χ1v) is 33.0. The van der Waals surface area contributed by atoms with Crippen LogP contribution < -0.4 is 0 Å². The summed E-state index contributed by atoms with van der Waals surface area (Å²) in [4.78, 5) is 30.4. The van der Waals surface area contributed by atoms with E-state index in [0.29, 0.717) is 34.9 Å². The van der Waals surface area contributed by atoms with Crippen LogP contribution in [0.1, 0.15) is 25.0 Å². The molecule has 0 spiro atoms. The molecule has 0 aliphatic heterocycles. The Morgan fingerprint density at radius 2 is 0.694 bits per heavy atom. The largest absolute Gasteiger partial charge is 0.456 e. The Morgan fingerprint density at radius 1 is 0.224 bits per heavy atom. The molecule has 0 saturated heterocycles. The zero-order chi connectivity index (χ0) is 65.0. The number of nitrogens with zero attached hydrogens (tertiary/aromatic N) is 6. The van der Waals surface area contributed by atoms with E-state index in [1.165, 1.54) is 38.4 Å². The lowest BCUT2D eigenvalue weighted by Crippen LogP contribution is -2.15. The van der Waals surface area contributed by atoms with Crippen LogP contribution in [0.4, 0.5) is 0 Å². The number of hydrogen-bond acceptors (Lipinski definition) is 9. The maximum absolute atomic E-state index is 6.36. The summed E-state index contributed by atoms with van der Waals surface area (Å²) in [5.74, 6) is 3.72. The van der Waals surface area contributed by atoms with Gasteiger partial charge in [0.05, 0.1) is 5.56 Å². The summed E-state index contributed by atoms with van der Waals surface area (Å²) in [7, 11) is 0. The van der Waals surface area contributed by atoms with Gasteiger partial charge in [-0.25, -0.2) is 29.9 Å². The molecule has 0 unspecified atom stereocenters. The fourth-order valence-electron chi connectivity index (χ4n) is 14.6. The maximum atomic E-state index is 6.36. The van der Waals surface area contributed by atoms with E-state index in [-0.39, 0.29) is 5.41 Å². The molecule has 9 heteroatoms. The number of aromatic nitrogens is 6. The van der Waals surface area contributed by atoms with E-state index >= 15 is 0 Å². The molecule has 0 amide bonds. The second kappa shape index (κ2) is 22.6. The van der Waals surface area contributed by atoms with Crippen molar-refractivity contribution >= 4 is 87.4 Å². The summed E-state index contributed by atoms with van der Waals surface area (Å²) in [6, 6.07) is 105. The average molecular weight is 1260 g/mol. The van der Waals surface area contributed by atoms with Crippen LogP contribution >= 0.6 is 0 Å². The van der Waals surface area contributed by atoms with Crippen molar-refractivity contribution in [2.75, 3.05) is 0 Å². The summed E-state index contributed by atoms with van der Waals surface area (Å²) in [5, 5.41) is 11.3. The first-order valence-electron chi connectivity index (χ1n) is 33.0. The summed E-state index contributed by atoms with van der Waals surface area (Å²) in [6.07, 6.45) is 0. The van der Waals surface area contributed by atoms with E-state index in [1.54, 1.807) is 0 Å². The highest BCUT2D eigenvalue weighted by atomic mass is 16.3. The van der Waals surface area contributed by atoms with Crippen LogP contribution in [0.2, 0.25) is 0 Å². The van der Waals surface area contributed by atoms with Crippen molar-refractivity contribution in [3.05, 3.63) is 314 Å². The van der Waals surface area contributed by atoms with Gasteiger partial charge >= 0.3 is 0 Å². The molecule has 1 aliphatic carbocycles. The van der Waals surface area contributed by atoms with Crippen molar-refractivity contribution in [1.82, 2.24) is 29.9 Å². The third kappa shape index (κ3) is 9.53. The highest BCUT2D eigenvalue weighted by Gasteiger charge is 2.35. The van der Waals surface area contributed by atoms with Gasteiger partial charge in [0.25, 0.3) is 0 Å². The number of para-hydroxylation sites is 3. The van der Waals surface area contributed by atoms with Gasteiger partial charge in [0.15, 0.2) is 34.9 Å². The van der Waals surface area contributed by atoms with Crippen LogP contribution in [0, 0.1) is 0 Å². The van der Waals surface area contributed by atoms with Gasteiger partial charge in [-0.2, -0.15) is 0 Å². The first kappa shape index (κ1) is 56.6. The van der Waals surface area contributed by atoms with Crippen LogP contribution in [-0.2, 0) is 5.41 Å². The monoisotopic (exact) mass is 1260 g/mol. The number of fused-ring (bicyclic) bond motifs is 15. The molecule has 20 rings (SSSR count). The van der Waals surface area contributed by atoms with Crippen molar-refractivity contribution in [1.29, 1.82) is 0 Å². The van der Waals surface area contributed by atoms with Gasteiger partial charge in [-0.1, -0.05) is 250 Å². The van der Waals surface area contributed by atoms with Gasteiger partial charge in [-0.05, 0) is 133 Å². The lowest BCUT2D eigenvalue weighted by Gasteiger charge is -2.21. The molecule has 5 heterocycles. The molecule has 0 radical (unpaired) electrons. The predicted octanol–water partition coefficient (Wildman–Crippen LogP) is 23.4. The summed E-state index contributed by atoms with van der Waals surface area (Å²) in [5.41, 5.74) is 20.2. The maximum Gasteiger partial charge on any atom is 0.167 e. The first-order chi connectivity index (χ1) is 48.3. The van der Waals surface area contributed by atoms with Gasteiger partial charge in [-0.3, -0.25) is 0 Å². The van der Waals surface area contributed by atoms with Gasteiger partial charge < -0.3 is 13.3 Å². The Bertz CT molecular complexity index is 6410. The molecule has 0 saturated carbocycles. The summed E-state index contributed by atoms with van der Waals surface area (Å²) < 4.78 is 18.8. The Morgan fingerprint density at radius 3 is 1.43 bits per heavy atom. The highest BCUT2D eigenvalue weighted by Crippen LogP contribution is 2.50. The Labute approximate surface area is 562 Å². The third-order valence-corrected chi connectivity index (χ3v) is 19.5. The molecule has 460 valence electrons. The van der Waals surface area contributed by atoms with E-state index in [9.17, 15) is 0 Å². The fourth-order valence-corrected chi connectivity index (χ4v) is 14.6. The second-order valence-electron chi connectivity index (χ2n) is 25.7. The Balaban J connectivity index is 0.000000137. The molecular weight excluding hydrogens is 1200 g/mol. The lowest BCUT2D eigenvalue weighted by molar-refractivity contribution is 0.660. The summed E-state index contributed by atoms with van der Waals surface area (Å²) >= 11 is 0. The highest BCUT2D eigenvalue weighted by molar-refractivity contribution is 6.19. The molecule has 19 aromatic rings. The van der Waals surface area contributed by atoms with E-state index in [1.807, 2.05) is 91.0 Å². The lowest BCUT2D eigenvalue weighted by atomic mass is 9.82. The summed E-state index contributed by atoms with van der Waals surface area (Å²) in [6.45, 7) is 4.60. The molecule has 9 nitrogen and oxygen atoms in total. The standard InChI is InChI=1S/C46H31N3O.C43H25N3O2/c1-46(2)39-18-10-8-16-34(39)35-22-20-31(27-40(35)46)44-47-43(28-12-4-3-5-13-28)48-45(49-44)32-24-29-14-6-7-15-33(29)37(26-32)30-21-23-42-38(25-30)36-17-9-11-19-41(36)50-42;1-2-10-28(11-3-1)41-44-42(46-43(45-41)34-15-8-14-33-32-13-6-7-16-36(32)48-40(33)34)29-19-17-26(18-20-29)30-22-23-37-35(25-30)39-31-12-5-4-9-27(31)21-24-38(39)47-37/h3-27H,1-2H3;1-25H. The van der Waals surface area contributed by atoms with E-state index < -0.39 is 0 Å². The topological polar surface area (TPSA) is 117 Å². The smallest absolute Gasteiger partial charge is 0.167 e. The second-order valence-corrected chi connectivity index (χ2v) is 25.7. The van der Waals surface area contributed by atoms with Gasteiger partial charge in [-0.15, -0.1) is 0 Å². The Hall–Kier alpha value is -13.0. The Kier molecular flexibility index (Phi) is 13.1.